The predicted octanol–water partition coefficient (Wildman–Crippen LogP) is 0.856. The van der Waals surface area contributed by atoms with Crippen LogP contribution in [0.1, 0.15) is 38.1 Å². The second kappa shape index (κ2) is 5.38. The summed E-state index contributed by atoms with van der Waals surface area (Å²) in [6, 6.07) is 0. The average Bonchev–Trinajstić information content (AvgIpc) is 2.56. The number of aryl methyl sites for hydroxylation is 2. The number of aliphatic hydroxyl groups is 1. The second-order valence-corrected chi connectivity index (χ2v) is 6.54. The van der Waals surface area contributed by atoms with Crippen LogP contribution < -0.4 is 4.72 Å². The molecule has 0 aromatic carbocycles. The molecular weight excluding hydrogens is 254 g/mol. The molecule has 0 bridgehead atoms. The minimum atomic E-state index is -3.63. The van der Waals surface area contributed by atoms with Gasteiger partial charge < -0.3 is 5.11 Å². The Bertz CT molecular complexity index is 486. The topological polar surface area (TPSA) is 95.1 Å². The van der Waals surface area contributed by atoms with Gasteiger partial charge in [-0.2, -0.15) is 5.10 Å². The van der Waals surface area contributed by atoms with E-state index in [9.17, 15) is 13.5 Å². The van der Waals surface area contributed by atoms with Crippen LogP contribution in [0, 0.1) is 13.8 Å². The van der Waals surface area contributed by atoms with Gasteiger partial charge in [-0.1, -0.05) is 13.3 Å². The standard InChI is InChI=1S/C11H21N3O3S/c1-5-6-11(4,15)7-12-18(16,17)10-8(2)13-14-9(10)3/h12,15H,5-7H2,1-4H3,(H,13,14). The van der Waals surface area contributed by atoms with Gasteiger partial charge in [-0.05, 0) is 27.2 Å². The van der Waals surface area contributed by atoms with Crippen LogP contribution in [-0.4, -0.2) is 35.9 Å². The molecule has 1 atom stereocenters. The van der Waals surface area contributed by atoms with Crippen molar-refractivity contribution in [1.82, 2.24) is 14.9 Å². The van der Waals surface area contributed by atoms with Crippen molar-refractivity contribution in [1.29, 1.82) is 0 Å². The van der Waals surface area contributed by atoms with E-state index in [4.69, 9.17) is 0 Å². The molecule has 0 aliphatic heterocycles. The second-order valence-electron chi connectivity index (χ2n) is 4.83. The van der Waals surface area contributed by atoms with Gasteiger partial charge in [0.2, 0.25) is 10.0 Å². The number of H-pyrrole nitrogens is 1. The zero-order valence-electron chi connectivity index (χ0n) is 11.2. The number of nitrogens with one attached hydrogen (secondary N) is 2. The van der Waals surface area contributed by atoms with E-state index in [1.807, 2.05) is 6.92 Å². The van der Waals surface area contributed by atoms with Gasteiger partial charge in [0.25, 0.3) is 0 Å². The summed E-state index contributed by atoms with van der Waals surface area (Å²) in [4.78, 5) is 0.162. The lowest BCUT2D eigenvalue weighted by Crippen LogP contribution is -2.40. The maximum Gasteiger partial charge on any atom is 0.244 e. The normalized spacial score (nSPS) is 15.6. The van der Waals surface area contributed by atoms with Crippen LogP contribution in [-0.2, 0) is 10.0 Å². The number of rotatable bonds is 6. The molecule has 0 spiro atoms. The molecule has 1 heterocycles. The molecule has 0 fully saturated rings. The zero-order chi connectivity index (χ0) is 14.0. The highest BCUT2D eigenvalue weighted by atomic mass is 32.2. The Balaban J connectivity index is 2.84. The fourth-order valence-corrected chi connectivity index (χ4v) is 3.41. The highest BCUT2D eigenvalue weighted by Crippen LogP contribution is 2.17. The summed E-state index contributed by atoms with van der Waals surface area (Å²) in [6.45, 7) is 6.83. The van der Waals surface area contributed by atoms with Crippen molar-refractivity contribution in [3.63, 3.8) is 0 Å². The summed E-state index contributed by atoms with van der Waals surface area (Å²) in [5.74, 6) is 0. The minimum Gasteiger partial charge on any atom is -0.389 e. The van der Waals surface area contributed by atoms with E-state index in [0.717, 1.165) is 6.42 Å². The first-order valence-electron chi connectivity index (χ1n) is 5.93. The van der Waals surface area contributed by atoms with Crippen molar-refractivity contribution in [3.05, 3.63) is 11.4 Å². The molecule has 0 amide bonds. The third-order valence-corrected chi connectivity index (χ3v) is 4.42. The van der Waals surface area contributed by atoms with Crippen LogP contribution in [0.3, 0.4) is 0 Å². The first-order chi connectivity index (χ1) is 8.19. The van der Waals surface area contributed by atoms with Crippen LogP contribution in [0.4, 0.5) is 0 Å². The fraction of sp³-hybridized carbons (Fsp3) is 0.727. The maximum absolute atomic E-state index is 12.1. The Morgan fingerprint density at radius 1 is 1.44 bits per heavy atom. The summed E-state index contributed by atoms with van der Waals surface area (Å²) < 4.78 is 26.6. The Kier molecular flexibility index (Phi) is 4.52. The van der Waals surface area contributed by atoms with Gasteiger partial charge in [0.15, 0.2) is 0 Å². The summed E-state index contributed by atoms with van der Waals surface area (Å²) in [5.41, 5.74) is -0.113. The SMILES string of the molecule is CCCC(C)(O)CNS(=O)(=O)c1c(C)n[nH]c1C. The zero-order valence-corrected chi connectivity index (χ0v) is 12.1. The van der Waals surface area contributed by atoms with Crippen LogP contribution >= 0.6 is 0 Å². The fourth-order valence-electron chi connectivity index (χ4n) is 1.89. The van der Waals surface area contributed by atoms with Crippen molar-refractivity contribution in [2.45, 2.75) is 51.0 Å². The smallest absolute Gasteiger partial charge is 0.244 e. The summed E-state index contributed by atoms with van der Waals surface area (Å²) in [6.07, 6.45) is 1.33. The van der Waals surface area contributed by atoms with E-state index in [1.165, 1.54) is 0 Å². The summed E-state index contributed by atoms with van der Waals surface area (Å²) in [7, 11) is -3.63. The van der Waals surface area contributed by atoms with E-state index >= 15 is 0 Å². The van der Waals surface area contributed by atoms with Crippen LogP contribution in [0.5, 0.6) is 0 Å². The van der Waals surface area contributed by atoms with Gasteiger partial charge >= 0.3 is 0 Å². The predicted molar refractivity (Wildman–Crippen MR) is 68.8 cm³/mol. The van der Waals surface area contributed by atoms with E-state index in [0.29, 0.717) is 17.8 Å². The lowest BCUT2D eigenvalue weighted by Gasteiger charge is -2.22. The Labute approximate surface area is 108 Å². The molecule has 6 nitrogen and oxygen atoms in total. The third kappa shape index (κ3) is 3.54. The summed E-state index contributed by atoms with van der Waals surface area (Å²) >= 11 is 0. The quantitative estimate of drug-likeness (QED) is 0.717. The summed E-state index contributed by atoms with van der Waals surface area (Å²) in [5, 5.41) is 16.5. The van der Waals surface area contributed by atoms with Gasteiger partial charge in [0.05, 0.1) is 17.0 Å². The molecule has 104 valence electrons. The number of hydrogen-bond acceptors (Lipinski definition) is 4. The van der Waals surface area contributed by atoms with Crippen molar-refractivity contribution in [2.24, 2.45) is 0 Å². The molecule has 3 N–H and O–H groups in total. The number of nitrogens with zero attached hydrogens (tertiary/aromatic N) is 1. The molecule has 0 aliphatic carbocycles. The number of hydrogen-bond donors (Lipinski definition) is 3. The first-order valence-corrected chi connectivity index (χ1v) is 7.41. The maximum atomic E-state index is 12.1. The number of aromatic nitrogens is 2. The van der Waals surface area contributed by atoms with Crippen molar-refractivity contribution >= 4 is 10.0 Å². The molecule has 1 aromatic rings. The molecule has 18 heavy (non-hydrogen) atoms. The van der Waals surface area contributed by atoms with Crippen molar-refractivity contribution in [2.75, 3.05) is 6.54 Å². The number of sulfonamides is 1. The molecule has 0 radical (unpaired) electrons. The Morgan fingerprint density at radius 2 is 2.06 bits per heavy atom. The van der Waals surface area contributed by atoms with Crippen LogP contribution in [0.25, 0.3) is 0 Å². The molecule has 0 saturated carbocycles. The van der Waals surface area contributed by atoms with Gasteiger partial charge in [0.1, 0.15) is 4.90 Å². The van der Waals surface area contributed by atoms with E-state index in [-0.39, 0.29) is 11.4 Å². The van der Waals surface area contributed by atoms with Crippen molar-refractivity contribution in [3.8, 4) is 0 Å². The van der Waals surface area contributed by atoms with Gasteiger partial charge in [-0.3, -0.25) is 5.10 Å². The van der Waals surface area contributed by atoms with Gasteiger partial charge in [-0.25, -0.2) is 13.1 Å². The monoisotopic (exact) mass is 275 g/mol. The molecule has 1 unspecified atom stereocenters. The lowest BCUT2D eigenvalue weighted by atomic mass is 10.0. The lowest BCUT2D eigenvalue weighted by molar-refractivity contribution is 0.0554. The van der Waals surface area contributed by atoms with Crippen LogP contribution in [0.15, 0.2) is 4.90 Å². The van der Waals surface area contributed by atoms with Gasteiger partial charge in [-0.15, -0.1) is 0 Å². The highest BCUT2D eigenvalue weighted by Gasteiger charge is 2.26. The largest absolute Gasteiger partial charge is 0.389 e. The minimum absolute atomic E-state index is 0.00671. The van der Waals surface area contributed by atoms with Crippen LogP contribution in [0.2, 0.25) is 0 Å². The Morgan fingerprint density at radius 3 is 2.50 bits per heavy atom. The molecule has 1 rings (SSSR count). The van der Waals surface area contributed by atoms with E-state index in [1.54, 1.807) is 20.8 Å². The van der Waals surface area contributed by atoms with E-state index in [2.05, 4.69) is 14.9 Å². The molecule has 0 aliphatic rings. The molecule has 1 aromatic heterocycles. The number of aromatic amines is 1. The molecule has 7 heteroatoms. The molecule has 0 saturated heterocycles. The third-order valence-electron chi connectivity index (χ3n) is 2.76. The Hall–Kier alpha value is -0.920. The first kappa shape index (κ1) is 15.1. The van der Waals surface area contributed by atoms with Gasteiger partial charge in [0, 0.05) is 6.54 Å². The highest BCUT2D eigenvalue weighted by molar-refractivity contribution is 7.89. The average molecular weight is 275 g/mol. The molecular formula is C11H21N3O3S. The van der Waals surface area contributed by atoms with Crippen molar-refractivity contribution < 1.29 is 13.5 Å². The van der Waals surface area contributed by atoms with E-state index < -0.39 is 15.6 Å².